The van der Waals surface area contributed by atoms with Crippen LogP contribution in [-0.2, 0) is 9.59 Å². The number of hydrogen-bond acceptors (Lipinski definition) is 4. The summed E-state index contributed by atoms with van der Waals surface area (Å²) in [5.74, 6) is -1.29. The molecule has 1 atom stereocenters. The van der Waals surface area contributed by atoms with Crippen molar-refractivity contribution < 1.29 is 9.59 Å². The van der Waals surface area contributed by atoms with E-state index in [-0.39, 0.29) is 6.04 Å². The first kappa shape index (κ1) is 16.2. The minimum absolute atomic E-state index is 0.0414. The molecule has 0 spiro atoms. The fourth-order valence-electron chi connectivity index (χ4n) is 2.04. The Kier molecular flexibility index (Phi) is 5.68. The van der Waals surface area contributed by atoms with Crippen LogP contribution < -0.4 is 10.6 Å². The predicted octanol–water partition coefficient (Wildman–Crippen LogP) is 2.11. The van der Waals surface area contributed by atoms with Crippen molar-refractivity contribution in [2.24, 2.45) is 0 Å². The van der Waals surface area contributed by atoms with Crippen LogP contribution >= 0.6 is 11.3 Å². The summed E-state index contributed by atoms with van der Waals surface area (Å²) in [5, 5.41) is 9.29. The van der Waals surface area contributed by atoms with Gasteiger partial charge in [-0.15, -0.1) is 0 Å². The minimum Gasteiger partial charge on any atom is -0.346 e. The van der Waals surface area contributed by atoms with Gasteiger partial charge < -0.3 is 15.5 Å². The van der Waals surface area contributed by atoms with Crippen LogP contribution in [0.3, 0.4) is 0 Å². The van der Waals surface area contributed by atoms with Crippen molar-refractivity contribution in [2.75, 3.05) is 26.0 Å². The topological polar surface area (TPSA) is 61.4 Å². The molecule has 2 amide bonds. The first-order valence-corrected chi connectivity index (χ1v) is 7.85. The Balaban J connectivity index is 1.89. The van der Waals surface area contributed by atoms with Gasteiger partial charge in [-0.25, -0.2) is 0 Å². The van der Waals surface area contributed by atoms with Crippen LogP contribution in [0.4, 0.5) is 5.69 Å². The van der Waals surface area contributed by atoms with Gasteiger partial charge in [-0.2, -0.15) is 11.3 Å². The van der Waals surface area contributed by atoms with Crippen molar-refractivity contribution in [3.8, 4) is 0 Å². The average molecular weight is 317 g/mol. The van der Waals surface area contributed by atoms with Crippen molar-refractivity contribution >= 4 is 28.8 Å². The molecule has 1 aromatic heterocycles. The van der Waals surface area contributed by atoms with Crippen molar-refractivity contribution in [1.82, 2.24) is 10.2 Å². The Hall–Kier alpha value is -2.18. The number of rotatable bonds is 5. The molecule has 0 saturated heterocycles. The van der Waals surface area contributed by atoms with E-state index in [1.54, 1.807) is 35.6 Å². The smallest absolute Gasteiger partial charge is 0.313 e. The molecule has 116 valence electrons. The van der Waals surface area contributed by atoms with Gasteiger partial charge in [-0.05, 0) is 48.6 Å². The molecule has 6 heteroatoms. The summed E-state index contributed by atoms with van der Waals surface area (Å²) in [6, 6.07) is 11.0. The number of carbonyl (C=O) groups is 2. The second-order valence-corrected chi connectivity index (χ2v) is 5.85. The molecular weight excluding hydrogens is 298 g/mol. The van der Waals surface area contributed by atoms with Gasteiger partial charge in [0.05, 0.1) is 6.04 Å². The highest BCUT2D eigenvalue weighted by Gasteiger charge is 2.19. The molecule has 0 aliphatic carbocycles. The number of nitrogens with zero attached hydrogens (tertiary/aromatic N) is 1. The van der Waals surface area contributed by atoms with Gasteiger partial charge in [0.1, 0.15) is 0 Å². The molecule has 0 aliphatic rings. The zero-order valence-corrected chi connectivity index (χ0v) is 13.4. The van der Waals surface area contributed by atoms with Crippen molar-refractivity contribution in [3.05, 3.63) is 52.7 Å². The standard InChI is InChI=1S/C16H19N3O2S/c1-19(2)14(12-8-9-22-11-12)10-17-15(20)16(21)18-13-6-4-3-5-7-13/h3-9,11,14H,10H2,1-2H3,(H,17,20)(H,18,21). The molecule has 22 heavy (non-hydrogen) atoms. The highest BCUT2D eigenvalue weighted by molar-refractivity contribution is 7.07. The highest BCUT2D eigenvalue weighted by atomic mass is 32.1. The van der Waals surface area contributed by atoms with Gasteiger partial charge in [-0.3, -0.25) is 9.59 Å². The van der Waals surface area contributed by atoms with Gasteiger partial charge in [0.15, 0.2) is 0 Å². The van der Waals surface area contributed by atoms with Crippen LogP contribution in [0.2, 0.25) is 0 Å². The van der Waals surface area contributed by atoms with Crippen molar-refractivity contribution in [3.63, 3.8) is 0 Å². The summed E-state index contributed by atoms with van der Waals surface area (Å²) in [6.07, 6.45) is 0. The molecule has 0 saturated carbocycles. The monoisotopic (exact) mass is 317 g/mol. The van der Waals surface area contributed by atoms with Crippen LogP contribution in [0.15, 0.2) is 47.2 Å². The first-order chi connectivity index (χ1) is 10.6. The number of benzene rings is 1. The average Bonchev–Trinajstić information content (AvgIpc) is 3.02. The molecule has 0 radical (unpaired) electrons. The normalized spacial score (nSPS) is 12.0. The fraction of sp³-hybridized carbons (Fsp3) is 0.250. The molecular formula is C16H19N3O2S. The third-order valence-electron chi connectivity index (χ3n) is 3.25. The van der Waals surface area contributed by atoms with Crippen LogP contribution in [0.5, 0.6) is 0 Å². The van der Waals surface area contributed by atoms with Crippen molar-refractivity contribution in [2.45, 2.75) is 6.04 Å². The predicted molar refractivity (Wildman–Crippen MR) is 88.8 cm³/mol. The van der Waals surface area contributed by atoms with Crippen LogP contribution in [0, 0.1) is 0 Å². The van der Waals surface area contributed by atoms with E-state index in [9.17, 15) is 9.59 Å². The molecule has 1 heterocycles. The first-order valence-electron chi connectivity index (χ1n) is 6.90. The minimum atomic E-state index is -0.658. The van der Waals surface area contributed by atoms with E-state index in [0.717, 1.165) is 5.56 Å². The zero-order valence-electron chi connectivity index (χ0n) is 12.6. The van der Waals surface area contributed by atoms with E-state index < -0.39 is 11.8 Å². The number of likely N-dealkylation sites (N-methyl/N-ethyl adjacent to an activating group) is 1. The Bertz CT molecular complexity index is 612. The second kappa shape index (κ2) is 7.72. The Labute approximate surface area is 134 Å². The number of carbonyl (C=O) groups excluding carboxylic acids is 2. The van der Waals surface area contributed by atoms with Gasteiger partial charge in [0, 0.05) is 12.2 Å². The molecule has 5 nitrogen and oxygen atoms in total. The number of amides is 2. The van der Waals surface area contributed by atoms with E-state index in [2.05, 4.69) is 10.6 Å². The van der Waals surface area contributed by atoms with E-state index in [1.807, 2.05) is 41.9 Å². The van der Waals surface area contributed by atoms with E-state index in [4.69, 9.17) is 0 Å². The van der Waals surface area contributed by atoms with Gasteiger partial charge in [0.2, 0.25) is 0 Å². The third-order valence-corrected chi connectivity index (χ3v) is 3.95. The lowest BCUT2D eigenvalue weighted by molar-refractivity contribution is -0.136. The largest absolute Gasteiger partial charge is 0.346 e. The summed E-state index contributed by atoms with van der Waals surface area (Å²) in [7, 11) is 3.89. The number of anilines is 1. The third kappa shape index (κ3) is 4.41. The lowest BCUT2D eigenvalue weighted by Crippen LogP contribution is -2.40. The Morgan fingerprint density at radius 1 is 1.14 bits per heavy atom. The number of hydrogen-bond donors (Lipinski definition) is 2. The lowest BCUT2D eigenvalue weighted by atomic mass is 10.1. The maximum Gasteiger partial charge on any atom is 0.313 e. The van der Waals surface area contributed by atoms with E-state index in [0.29, 0.717) is 12.2 Å². The van der Waals surface area contributed by atoms with E-state index >= 15 is 0 Å². The second-order valence-electron chi connectivity index (χ2n) is 5.07. The zero-order chi connectivity index (χ0) is 15.9. The van der Waals surface area contributed by atoms with Gasteiger partial charge in [-0.1, -0.05) is 18.2 Å². The summed E-state index contributed by atoms with van der Waals surface area (Å²) >= 11 is 1.61. The van der Waals surface area contributed by atoms with E-state index in [1.165, 1.54) is 0 Å². The molecule has 2 N–H and O–H groups in total. The number of thiophene rings is 1. The van der Waals surface area contributed by atoms with Crippen molar-refractivity contribution in [1.29, 1.82) is 0 Å². The fourth-order valence-corrected chi connectivity index (χ4v) is 2.75. The van der Waals surface area contributed by atoms with Gasteiger partial charge >= 0.3 is 11.8 Å². The molecule has 1 unspecified atom stereocenters. The summed E-state index contributed by atoms with van der Waals surface area (Å²) in [6.45, 7) is 0.380. The van der Waals surface area contributed by atoms with Crippen LogP contribution in [0.25, 0.3) is 0 Å². The summed E-state index contributed by atoms with van der Waals surface area (Å²) in [5.41, 5.74) is 1.73. The summed E-state index contributed by atoms with van der Waals surface area (Å²) in [4.78, 5) is 25.8. The van der Waals surface area contributed by atoms with Gasteiger partial charge in [0.25, 0.3) is 0 Å². The maximum atomic E-state index is 11.9. The van der Waals surface area contributed by atoms with Crippen LogP contribution in [-0.4, -0.2) is 37.4 Å². The Morgan fingerprint density at radius 3 is 2.45 bits per heavy atom. The summed E-state index contributed by atoms with van der Waals surface area (Å²) < 4.78 is 0. The molecule has 2 aromatic rings. The maximum absolute atomic E-state index is 11.9. The SMILES string of the molecule is CN(C)C(CNC(=O)C(=O)Nc1ccccc1)c1ccsc1. The molecule has 0 bridgehead atoms. The highest BCUT2D eigenvalue weighted by Crippen LogP contribution is 2.19. The molecule has 1 aromatic carbocycles. The lowest BCUT2D eigenvalue weighted by Gasteiger charge is -2.23. The Morgan fingerprint density at radius 2 is 1.86 bits per heavy atom. The number of nitrogens with one attached hydrogen (secondary N) is 2. The molecule has 0 fully saturated rings. The quantitative estimate of drug-likeness (QED) is 0.830. The molecule has 2 rings (SSSR count). The van der Waals surface area contributed by atoms with Crippen LogP contribution in [0.1, 0.15) is 11.6 Å². The number of para-hydroxylation sites is 1. The molecule has 0 aliphatic heterocycles.